The Hall–Kier alpha value is -1.90. The molecule has 1 fully saturated rings. The van der Waals surface area contributed by atoms with Gasteiger partial charge in [-0.2, -0.15) is 5.26 Å². The van der Waals surface area contributed by atoms with Crippen LogP contribution in [0, 0.1) is 11.3 Å². The third-order valence-corrected chi connectivity index (χ3v) is 4.33. The van der Waals surface area contributed by atoms with Crippen molar-refractivity contribution in [3.8, 4) is 6.07 Å². The second-order valence-corrected chi connectivity index (χ2v) is 6.45. The SMILES string of the molecule is CC(C)NC1CCN([C@H](C)C(=O)Nc2ccccc2C#N)CC1. The molecule has 1 aromatic rings. The van der Waals surface area contributed by atoms with E-state index in [4.69, 9.17) is 5.26 Å². The Morgan fingerprint density at radius 2 is 1.91 bits per heavy atom. The molecule has 0 saturated carbocycles. The van der Waals surface area contributed by atoms with Crippen LogP contribution < -0.4 is 10.6 Å². The standard InChI is InChI=1S/C18H26N4O/c1-13(2)20-16-8-10-22(11-9-16)14(3)18(23)21-17-7-5-4-6-15(17)12-19/h4-7,13-14,16,20H,8-11H2,1-3H3,(H,21,23)/t14-/m1/s1. The van der Waals surface area contributed by atoms with E-state index in [9.17, 15) is 4.79 Å². The molecule has 0 spiro atoms. The number of likely N-dealkylation sites (tertiary alicyclic amines) is 1. The summed E-state index contributed by atoms with van der Waals surface area (Å²) in [6, 6.07) is 10.0. The van der Waals surface area contributed by atoms with E-state index in [1.165, 1.54) is 0 Å². The van der Waals surface area contributed by atoms with Gasteiger partial charge in [0.2, 0.25) is 5.91 Å². The number of nitriles is 1. The Morgan fingerprint density at radius 3 is 2.52 bits per heavy atom. The Balaban J connectivity index is 1.90. The number of rotatable bonds is 5. The van der Waals surface area contributed by atoms with Crippen LogP contribution in [0.5, 0.6) is 0 Å². The van der Waals surface area contributed by atoms with Crippen LogP contribution in [-0.4, -0.2) is 42.0 Å². The van der Waals surface area contributed by atoms with Gasteiger partial charge >= 0.3 is 0 Å². The Bertz CT molecular complexity index is 571. The molecule has 0 bridgehead atoms. The van der Waals surface area contributed by atoms with Crippen LogP contribution >= 0.6 is 0 Å². The lowest BCUT2D eigenvalue weighted by Gasteiger charge is -2.36. The molecule has 1 saturated heterocycles. The monoisotopic (exact) mass is 314 g/mol. The molecule has 5 heteroatoms. The highest BCUT2D eigenvalue weighted by Crippen LogP contribution is 2.17. The fourth-order valence-corrected chi connectivity index (χ4v) is 3.02. The van der Waals surface area contributed by atoms with Crippen molar-refractivity contribution in [2.75, 3.05) is 18.4 Å². The van der Waals surface area contributed by atoms with E-state index >= 15 is 0 Å². The van der Waals surface area contributed by atoms with Crippen molar-refractivity contribution in [2.24, 2.45) is 0 Å². The first kappa shape index (κ1) is 17.5. The van der Waals surface area contributed by atoms with Crippen LogP contribution in [0.1, 0.15) is 39.2 Å². The van der Waals surface area contributed by atoms with Gasteiger partial charge in [0, 0.05) is 25.2 Å². The lowest BCUT2D eigenvalue weighted by atomic mass is 10.0. The third-order valence-electron chi connectivity index (χ3n) is 4.33. The smallest absolute Gasteiger partial charge is 0.241 e. The summed E-state index contributed by atoms with van der Waals surface area (Å²) in [7, 11) is 0. The molecule has 0 radical (unpaired) electrons. The summed E-state index contributed by atoms with van der Waals surface area (Å²) in [5, 5.41) is 15.5. The van der Waals surface area contributed by atoms with E-state index in [2.05, 4.69) is 35.5 Å². The number of nitrogens with one attached hydrogen (secondary N) is 2. The maximum absolute atomic E-state index is 12.5. The minimum atomic E-state index is -0.193. The first-order valence-corrected chi connectivity index (χ1v) is 8.31. The molecule has 23 heavy (non-hydrogen) atoms. The number of hydrogen-bond donors (Lipinski definition) is 2. The van der Waals surface area contributed by atoms with Crippen molar-refractivity contribution in [3.05, 3.63) is 29.8 Å². The molecule has 124 valence electrons. The quantitative estimate of drug-likeness (QED) is 0.875. The van der Waals surface area contributed by atoms with Gasteiger partial charge in [0.05, 0.1) is 17.3 Å². The molecule has 1 aromatic carbocycles. The summed E-state index contributed by atoms with van der Waals surface area (Å²) in [5.74, 6) is -0.0528. The lowest BCUT2D eigenvalue weighted by molar-refractivity contribution is -0.121. The van der Waals surface area contributed by atoms with Crippen LogP contribution in [0.3, 0.4) is 0 Å². The molecule has 1 aliphatic rings. The maximum Gasteiger partial charge on any atom is 0.241 e. The predicted octanol–water partition coefficient (Wildman–Crippen LogP) is 2.35. The van der Waals surface area contributed by atoms with E-state index in [1.807, 2.05) is 13.0 Å². The molecule has 0 aliphatic carbocycles. The average Bonchev–Trinajstić information content (AvgIpc) is 2.55. The molecule has 1 amide bonds. The molecule has 1 heterocycles. The van der Waals surface area contributed by atoms with E-state index in [0.717, 1.165) is 25.9 Å². The van der Waals surface area contributed by atoms with Gasteiger partial charge < -0.3 is 10.6 Å². The van der Waals surface area contributed by atoms with Crippen molar-refractivity contribution in [1.29, 1.82) is 5.26 Å². The zero-order valence-corrected chi connectivity index (χ0v) is 14.2. The topological polar surface area (TPSA) is 68.2 Å². The largest absolute Gasteiger partial charge is 0.324 e. The van der Waals surface area contributed by atoms with Crippen LogP contribution in [0.15, 0.2) is 24.3 Å². The summed E-state index contributed by atoms with van der Waals surface area (Å²) < 4.78 is 0. The summed E-state index contributed by atoms with van der Waals surface area (Å²) in [6.45, 7) is 8.09. The predicted molar refractivity (Wildman–Crippen MR) is 92.1 cm³/mol. The number of benzene rings is 1. The molecular formula is C18H26N4O. The second-order valence-electron chi connectivity index (χ2n) is 6.45. The minimum absolute atomic E-state index is 0.0528. The molecule has 2 rings (SSSR count). The zero-order valence-electron chi connectivity index (χ0n) is 14.2. The fourth-order valence-electron chi connectivity index (χ4n) is 3.02. The second kappa shape index (κ2) is 8.09. The van der Waals surface area contributed by atoms with Crippen LogP contribution in [0.25, 0.3) is 0 Å². The first-order chi connectivity index (χ1) is 11.0. The van der Waals surface area contributed by atoms with Crippen molar-refractivity contribution in [2.45, 2.75) is 51.7 Å². The highest BCUT2D eigenvalue weighted by molar-refractivity contribution is 5.95. The molecular weight excluding hydrogens is 288 g/mol. The lowest BCUT2D eigenvalue weighted by Crippen LogP contribution is -2.50. The highest BCUT2D eigenvalue weighted by Gasteiger charge is 2.27. The molecule has 0 aromatic heterocycles. The van der Waals surface area contributed by atoms with Gasteiger partial charge in [-0.25, -0.2) is 0 Å². The summed E-state index contributed by atoms with van der Waals surface area (Å²) in [6.07, 6.45) is 2.12. The summed E-state index contributed by atoms with van der Waals surface area (Å²) >= 11 is 0. The Morgan fingerprint density at radius 1 is 1.26 bits per heavy atom. The number of carbonyl (C=O) groups excluding carboxylic acids is 1. The van der Waals surface area contributed by atoms with Gasteiger partial charge in [0.15, 0.2) is 0 Å². The summed E-state index contributed by atoms with van der Waals surface area (Å²) in [5.41, 5.74) is 1.08. The van der Waals surface area contributed by atoms with Gasteiger partial charge in [0.25, 0.3) is 0 Å². The van der Waals surface area contributed by atoms with Crippen molar-refractivity contribution in [3.63, 3.8) is 0 Å². The number of amides is 1. The Labute approximate surface area is 138 Å². The minimum Gasteiger partial charge on any atom is -0.324 e. The maximum atomic E-state index is 12.5. The third kappa shape index (κ3) is 4.78. The fraction of sp³-hybridized carbons (Fsp3) is 0.556. The van der Waals surface area contributed by atoms with Gasteiger partial charge in [-0.05, 0) is 31.9 Å². The number of nitrogens with zero attached hydrogens (tertiary/aromatic N) is 2. The zero-order chi connectivity index (χ0) is 16.8. The molecule has 0 unspecified atom stereocenters. The average molecular weight is 314 g/mol. The Kier molecular flexibility index (Phi) is 6.14. The normalized spacial score (nSPS) is 17.7. The molecule has 1 atom stereocenters. The van der Waals surface area contributed by atoms with Crippen molar-refractivity contribution >= 4 is 11.6 Å². The van der Waals surface area contributed by atoms with E-state index in [0.29, 0.717) is 23.3 Å². The van der Waals surface area contributed by atoms with Crippen LogP contribution in [0.2, 0.25) is 0 Å². The highest BCUT2D eigenvalue weighted by atomic mass is 16.2. The number of anilines is 1. The van der Waals surface area contributed by atoms with Gasteiger partial charge in [0.1, 0.15) is 6.07 Å². The van der Waals surface area contributed by atoms with Gasteiger partial charge in [-0.3, -0.25) is 9.69 Å². The first-order valence-electron chi connectivity index (χ1n) is 8.31. The van der Waals surface area contributed by atoms with E-state index < -0.39 is 0 Å². The number of carbonyl (C=O) groups is 1. The number of hydrogen-bond acceptors (Lipinski definition) is 4. The molecule has 5 nitrogen and oxygen atoms in total. The number of piperidine rings is 1. The number of para-hydroxylation sites is 1. The molecule has 1 aliphatic heterocycles. The van der Waals surface area contributed by atoms with Gasteiger partial charge in [-0.1, -0.05) is 26.0 Å². The summed E-state index contributed by atoms with van der Waals surface area (Å²) in [4.78, 5) is 14.7. The van der Waals surface area contributed by atoms with Crippen molar-refractivity contribution < 1.29 is 4.79 Å². The van der Waals surface area contributed by atoms with Crippen molar-refractivity contribution in [1.82, 2.24) is 10.2 Å². The van der Waals surface area contributed by atoms with E-state index in [-0.39, 0.29) is 11.9 Å². The van der Waals surface area contributed by atoms with Crippen LogP contribution in [0.4, 0.5) is 5.69 Å². The van der Waals surface area contributed by atoms with Gasteiger partial charge in [-0.15, -0.1) is 0 Å². The molecule has 2 N–H and O–H groups in total. The van der Waals surface area contributed by atoms with E-state index in [1.54, 1.807) is 18.2 Å². The van der Waals surface area contributed by atoms with Crippen LogP contribution in [-0.2, 0) is 4.79 Å².